The average Bonchev–Trinajstić information content (AvgIpc) is 3.17. The molecule has 7 nitrogen and oxygen atoms in total. The van der Waals surface area contributed by atoms with Crippen LogP contribution in [0.2, 0.25) is 0 Å². The van der Waals surface area contributed by atoms with E-state index in [0.29, 0.717) is 17.9 Å². The van der Waals surface area contributed by atoms with Gasteiger partial charge in [0.1, 0.15) is 5.75 Å². The molecule has 188 valence electrons. The van der Waals surface area contributed by atoms with Gasteiger partial charge in [-0.2, -0.15) is 0 Å². The molecule has 8 heteroatoms. The Morgan fingerprint density at radius 1 is 1.08 bits per heavy atom. The lowest BCUT2D eigenvalue weighted by molar-refractivity contribution is 0.0965. The Labute approximate surface area is 212 Å². The second-order valence-corrected chi connectivity index (χ2v) is 11.2. The van der Waals surface area contributed by atoms with Crippen LogP contribution in [0.25, 0.3) is 0 Å². The molecule has 5 rings (SSSR count). The molecule has 36 heavy (non-hydrogen) atoms. The molecule has 0 saturated carbocycles. The molecule has 1 saturated heterocycles. The van der Waals surface area contributed by atoms with Crippen LogP contribution in [0.4, 0.5) is 11.4 Å². The summed E-state index contributed by atoms with van der Waals surface area (Å²) in [6, 6.07) is 19.3. The molecule has 1 N–H and O–H groups in total. The third-order valence-electron chi connectivity index (χ3n) is 7.02. The van der Waals surface area contributed by atoms with Crippen molar-refractivity contribution < 1.29 is 17.9 Å². The van der Waals surface area contributed by atoms with Gasteiger partial charge < -0.3 is 14.5 Å². The minimum Gasteiger partial charge on any atom is -0.494 e. The Kier molecular flexibility index (Phi) is 6.49. The molecule has 3 aromatic rings. The fraction of sp³-hybridized carbons (Fsp3) is 0.321. The van der Waals surface area contributed by atoms with Gasteiger partial charge in [0.05, 0.1) is 22.8 Å². The van der Waals surface area contributed by atoms with E-state index in [2.05, 4.69) is 29.7 Å². The number of aryl methyl sites for hydroxylation is 1. The maximum atomic E-state index is 14.1. The number of sulfonamides is 1. The number of nitrogens with one attached hydrogen (secondary N) is 1. The number of piperidine rings is 1. The van der Waals surface area contributed by atoms with Crippen LogP contribution in [0.1, 0.15) is 40.7 Å². The van der Waals surface area contributed by atoms with Crippen LogP contribution in [0, 0.1) is 6.92 Å². The molecule has 0 spiro atoms. The summed E-state index contributed by atoms with van der Waals surface area (Å²) in [4.78, 5) is 18.3. The van der Waals surface area contributed by atoms with Crippen molar-refractivity contribution in [2.24, 2.45) is 0 Å². The monoisotopic (exact) mass is 505 g/mol. The lowest BCUT2D eigenvalue weighted by atomic mass is 9.88. The van der Waals surface area contributed by atoms with E-state index in [-0.39, 0.29) is 28.4 Å². The van der Waals surface area contributed by atoms with E-state index in [4.69, 9.17) is 4.74 Å². The summed E-state index contributed by atoms with van der Waals surface area (Å²) in [6.45, 7) is 6.23. The van der Waals surface area contributed by atoms with Gasteiger partial charge in [0.2, 0.25) is 0 Å². The van der Waals surface area contributed by atoms with E-state index in [1.807, 2.05) is 24.0 Å². The van der Waals surface area contributed by atoms with Crippen molar-refractivity contribution >= 4 is 27.3 Å². The molecule has 2 atom stereocenters. The molecule has 2 aliphatic heterocycles. The fourth-order valence-corrected chi connectivity index (χ4v) is 6.40. The molecule has 2 aliphatic rings. The van der Waals surface area contributed by atoms with E-state index in [0.717, 1.165) is 25.2 Å². The van der Waals surface area contributed by atoms with Crippen molar-refractivity contribution in [1.29, 1.82) is 0 Å². The fourth-order valence-electron chi connectivity index (χ4n) is 5.32. The first kappa shape index (κ1) is 24.3. The number of benzene rings is 3. The van der Waals surface area contributed by atoms with E-state index in [1.54, 1.807) is 36.4 Å². The lowest BCUT2D eigenvalue weighted by Gasteiger charge is -2.36. The summed E-state index contributed by atoms with van der Waals surface area (Å²) in [5.41, 5.74) is 3.87. The first-order valence-electron chi connectivity index (χ1n) is 12.3. The van der Waals surface area contributed by atoms with Crippen molar-refractivity contribution in [2.45, 2.75) is 37.1 Å². The highest BCUT2D eigenvalue weighted by Gasteiger charge is 2.44. The Morgan fingerprint density at radius 3 is 2.58 bits per heavy atom. The summed E-state index contributed by atoms with van der Waals surface area (Å²) >= 11 is 0. The molecule has 3 aromatic carbocycles. The lowest BCUT2D eigenvalue weighted by Crippen LogP contribution is -2.47. The number of anilines is 2. The smallest absolute Gasteiger partial charge is 0.261 e. The highest BCUT2D eigenvalue weighted by atomic mass is 32.2. The quantitative estimate of drug-likeness (QED) is 0.528. The molecular weight excluding hydrogens is 474 g/mol. The Bertz CT molecular complexity index is 1390. The summed E-state index contributed by atoms with van der Waals surface area (Å²) in [5.74, 6) is 0.639. The largest absolute Gasteiger partial charge is 0.494 e. The number of likely N-dealkylation sites (tertiary alicyclic amines) is 1. The Morgan fingerprint density at radius 2 is 1.83 bits per heavy atom. The maximum absolute atomic E-state index is 14.1. The van der Waals surface area contributed by atoms with Crippen LogP contribution in [0.3, 0.4) is 0 Å². The minimum atomic E-state index is -3.90. The van der Waals surface area contributed by atoms with E-state index in [1.165, 1.54) is 23.3 Å². The number of hydrogen-bond acceptors (Lipinski definition) is 5. The van der Waals surface area contributed by atoms with Gasteiger partial charge in [0.25, 0.3) is 15.9 Å². The van der Waals surface area contributed by atoms with Crippen molar-refractivity contribution in [3.05, 3.63) is 83.4 Å². The minimum absolute atomic E-state index is 0.0428. The summed E-state index contributed by atoms with van der Waals surface area (Å²) < 4.78 is 34.4. The Hall–Kier alpha value is -3.36. The number of likely N-dealkylation sites (N-methyl/N-ethyl adjacent to an activating group) is 1. The number of ether oxygens (including phenoxy) is 1. The molecule has 1 fully saturated rings. The van der Waals surface area contributed by atoms with Gasteiger partial charge in [-0.25, -0.2) is 8.42 Å². The molecule has 0 bridgehead atoms. The second kappa shape index (κ2) is 9.59. The van der Waals surface area contributed by atoms with Crippen molar-refractivity contribution in [3.63, 3.8) is 0 Å². The third-order valence-corrected chi connectivity index (χ3v) is 8.40. The zero-order valence-electron chi connectivity index (χ0n) is 20.8. The van der Waals surface area contributed by atoms with Gasteiger partial charge in [-0.15, -0.1) is 0 Å². The summed E-state index contributed by atoms with van der Waals surface area (Å²) in [7, 11) is -1.79. The third kappa shape index (κ3) is 4.47. The van der Waals surface area contributed by atoms with Gasteiger partial charge >= 0.3 is 0 Å². The number of para-hydroxylation sites is 1. The molecular formula is C28H31N3O4S. The first-order chi connectivity index (χ1) is 17.3. The number of fused-ring (bicyclic) bond motifs is 3. The van der Waals surface area contributed by atoms with Crippen LogP contribution >= 0.6 is 0 Å². The number of carbonyl (C=O) groups is 1. The Balaban J connectivity index is 1.48. The molecule has 2 heterocycles. The molecule has 0 aliphatic carbocycles. The molecule has 0 radical (unpaired) electrons. The SMILES string of the molecule is CCOc1ccc(S(=O)(=O)Nc2ccccc2C(=O)N2c3ccc(C)cc3C3CN(C)CCC32)cc1. The van der Waals surface area contributed by atoms with Gasteiger partial charge in [-0.05, 0) is 81.9 Å². The highest BCUT2D eigenvalue weighted by Crippen LogP contribution is 2.46. The van der Waals surface area contributed by atoms with Gasteiger partial charge in [0.15, 0.2) is 0 Å². The van der Waals surface area contributed by atoms with Gasteiger partial charge in [-0.1, -0.05) is 29.8 Å². The zero-order chi connectivity index (χ0) is 25.4. The normalized spacial score (nSPS) is 19.5. The van der Waals surface area contributed by atoms with Crippen LogP contribution in [0.5, 0.6) is 5.75 Å². The second-order valence-electron chi connectivity index (χ2n) is 9.52. The van der Waals surface area contributed by atoms with Crippen LogP contribution in [-0.2, 0) is 10.0 Å². The van der Waals surface area contributed by atoms with E-state index in [9.17, 15) is 13.2 Å². The van der Waals surface area contributed by atoms with Crippen LogP contribution in [-0.4, -0.2) is 52.0 Å². The predicted molar refractivity (Wildman–Crippen MR) is 141 cm³/mol. The average molecular weight is 506 g/mol. The summed E-state index contributed by atoms with van der Waals surface area (Å²) in [5, 5.41) is 0. The van der Waals surface area contributed by atoms with Gasteiger partial charge in [-0.3, -0.25) is 9.52 Å². The van der Waals surface area contributed by atoms with Crippen LogP contribution in [0.15, 0.2) is 71.6 Å². The molecule has 0 aromatic heterocycles. The van der Waals surface area contributed by atoms with Gasteiger partial charge in [0, 0.05) is 24.2 Å². The van der Waals surface area contributed by atoms with Crippen molar-refractivity contribution in [3.8, 4) is 5.75 Å². The molecule has 1 amide bonds. The standard InChI is InChI=1S/C28H31N3O4S/c1-4-35-20-10-12-21(13-11-20)36(33,34)29-25-8-6-5-7-22(25)28(32)31-26-14-9-19(2)17-23(26)24-18-30(3)16-15-27(24)31/h5-14,17,24,27,29H,4,15-16,18H2,1-3H3. The van der Waals surface area contributed by atoms with Crippen molar-refractivity contribution in [1.82, 2.24) is 4.90 Å². The maximum Gasteiger partial charge on any atom is 0.261 e. The number of hydrogen-bond donors (Lipinski definition) is 1. The number of rotatable bonds is 6. The number of carbonyl (C=O) groups excluding carboxylic acids is 1. The number of amides is 1. The van der Waals surface area contributed by atoms with Crippen molar-refractivity contribution in [2.75, 3.05) is 36.4 Å². The first-order valence-corrected chi connectivity index (χ1v) is 13.7. The number of nitrogens with zero attached hydrogens (tertiary/aromatic N) is 2. The van der Waals surface area contributed by atoms with E-state index < -0.39 is 10.0 Å². The van der Waals surface area contributed by atoms with E-state index >= 15 is 0 Å². The summed E-state index contributed by atoms with van der Waals surface area (Å²) in [6.07, 6.45) is 0.862. The highest BCUT2D eigenvalue weighted by molar-refractivity contribution is 7.92. The predicted octanol–water partition coefficient (Wildman–Crippen LogP) is 4.64. The molecule has 2 unspecified atom stereocenters. The topological polar surface area (TPSA) is 78.9 Å². The van der Waals surface area contributed by atoms with Crippen LogP contribution < -0.4 is 14.4 Å². The zero-order valence-corrected chi connectivity index (χ0v) is 21.6.